The number of rotatable bonds is 2. The molecule has 2 aliphatic rings. The fraction of sp³-hybridized carbons (Fsp3) is 0.333. The maximum Gasteiger partial charge on any atom is 0.274 e. The molecule has 1 heterocycles. The molecule has 1 spiro atoms. The number of nitrogens with zero attached hydrogens (tertiary/aromatic N) is 1. The SMILES string of the molecule is Cc1cccc(N2CC[C@@]3(CCc4cc(C(=O)NO)ccc4C3)C2=O)c1.S. The predicted octanol–water partition coefficient (Wildman–Crippen LogP) is 3.14. The standard InChI is InChI=1S/C21H22N2O3.H2S/c1-14-3-2-4-18(11-14)23-10-9-21(20(23)25)8-7-15-12-16(19(24)22-26)5-6-17(15)13-21;/h2-6,11-12,26H,7-10,13H2,1H3,(H,22,24);1H2/t21-;/m1./s1. The number of hydrogen-bond donors (Lipinski definition) is 2. The minimum absolute atomic E-state index is 0. The van der Waals surface area contributed by atoms with Crippen molar-refractivity contribution >= 4 is 31.0 Å². The zero-order valence-electron chi connectivity index (χ0n) is 15.3. The van der Waals surface area contributed by atoms with Gasteiger partial charge in [-0.2, -0.15) is 13.5 Å². The minimum atomic E-state index is -0.504. The van der Waals surface area contributed by atoms with E-state index in [4.69, 9.17) is 5.21 Å². The second kappa shape index (κ2) is 7.37. The van der Waals surface area contributed by atoms with Gasteiger partial charge in [0.25, 0.3) is 5.91 Å². The predicted molar refractivity (Wildman–Crippen MR) is 109 cm³/mol. The van der Waals surface area contributed by atoms with Crippen LogP contribution in [-0.2, 0) is 17.6 Å². The molecule has 2 amide bonds. The maximum absolute atomic E-state index is 13.3. The van der Waals surface area contributed by atoms with Crippen LogP contribution in [0.2, 0.25) is 0 Å². The first kappa shape index (κ1) is 19.5. The Hall–Kier alpha value is -2.31. The van der Waals surface area contributed by atoms with Crippen LogP contribution in [0.15, 0.2) is 42.5 Å². The smallest absolute Gasteiger partial charge is 0.274 e. The number of fused-ring (bicyclic) bond motifs is 1. The van der Waals surface area contributed by atoms with E-state index < -0.39 is 5.91 Å². The molecule has 0 unspecified atom stereocenters. The number of amides is 2. The number of anilines is 1. The summed E-state index contributed by atoms with van der Waals surface area (Å²) in [6.07, 6.45) is 3.14. The van der Waals surface area contributed by atoms with Crippen molar-refractivity contribution in [3.05, 3.63) is 64.7 Å². The number of aryl methyl sites for hydroxylation is 2. The Bertz CT molecular complexity index is 899. The summed E-state index contributed by atoms with van der Waals surface area (Å²) in [6.45, 7) is 2.79. The average Bonchev–Trinajstić information content (AvgIpc) is 2.96. The van der Waals surface area contributed by atoms with Gasteiger partial charge in [0.1, 0.15) is 0 Å². The Balaban J connectivity index is 0.00000210. The summed E-state index contributed by atoms with van der Waals surface area (Å²) in [5, 5.41) is 8.80. The number of benzene rings is 2. The number of carbonyl (C=O) groups excluding carboxylic acids is 2. The van der Waals surface area contributed by atoms with Gasteiger partial charge in [-0.05, 0) is 73.6 Å². The molecule has 5 nitrogen and oxygen atoms in total. The zero-order chi connectivity index (χ0) is 18.3. The van der Waals surface area contributed by atoms with Crippen LogP contribution in [0.3, 0.4) is 0 Å². The van der Waals surface area contributed by atoms with Crippen molar-refractivity contribution in [1.82, 2.24) is 5.48 Å². The second-order valence-electron chi connectivity index (χ2n) is 7.43. The van der Waals surface area contributed by atoms with Crippen LogP contribution in [0, 0.1) is 12.3 Å². The summed E-state index contributed by atoms with van der Waals surface area (Å²) in [7, 11) is 0. The number of hydroxylamine groups is 1. The first-order chi connectivity index (χ1) is 12.5. The molecule has 1 fully saturated rings. The highest BCUT2D eigenvalue weighted by Crippen LogP contribution is 2.45. The van der Waals surface area contributed by atoms with E-state index in [0.29, 0.717) is 12.0 Å². The van der Waals surface area contributed by atoms with E-state index in [-0.39, 0.29) is 24.8 Å². The van der Waals surface area contributed by atoms with Crippen LogP contribution in [0.25, 0.3) is 0 Å². The van der Waals surface area contributed by atoms with Crippen LogP contribution >= 0.6 is 13.5 Å². The Morgan fingerprint density at radius 1 is 1.15 bits per heavy atom. The van der Waals surface area contributed by atoms with Gasteiger partial charge in [-0.15, -0.1) is 0 Å². The van der Waals surface area contributed by atoms with Crippen LogP contribution in [-0.4, -0.2) is 23.6 Å². The van der Waals surface area contributed by atoms with Crippen molar-refractivity contribution in [3.63, 3.8) is 0 Å². The number of nitrogens with one attached hydrogen (secondary N) is 1. The molecular weight excluding hydrogens is 360 g/mol. The molecule has 1 aliphatic heterocycles. The molecule has 1 aliphatic carbocycles. The normalized spacial score (nSPS) is 21.0. The van der Waals surface area contributed by atoms with Crippen molar-refractivity contribution in [1.29, 1.82) is 0 Å². The summed E-state index contributed by atoms with van der Waals surface area (Å²) in [5.74, 6) is -0.290. The lowest BCUT2D eigenvalue weighted by Gasteiger charge is -2.33. The van der Waals surface area contributed by atoms with Crippen LogP contribution in [0.1, 0.15) is 39.9 Å². The molecule has 0 saturated carbocycles. The van der Waals surface area contributed by atoms with Crippen molar-refractivity contribution < 1.29 is 14.8 Å². The molecule has 2 N–H and O–H groups in total. The summed E-state index contributed by atoms with van der Waals surface area (Å²) < 4.78 is 0. The fourth-order valence-electron chi connectivity index (χ4n) is 4.32. The lowest BCUT2D eigenvalue weighted by molar-refractivity contribution is -0.126. The summed E-state index contributed by atoms with van der Waals surface area (Å²) in [6, 6.07) is 13.5. The van der Waals surface area contributed by atoms with Gasteiger partial charge in [0, 0.05) is 17.8 Å². The third-order valence-electron chi connectivity index (χ3n) is 5.80. The molecule has 0 aromatic heterocycles. The topological polar surface area (TPSA) is 69.6 Å². The van der Waals surface area contributed by atoms with E-state index in [1.54, 1.807) is 11.5 Å². The highest BCUT2D eigenvalue weighted by Gasteiger charge is 2.48. The first-order valence-electron chi connectivity index (χ1n) is 8.97. The average molecular weight is 385 g/mol. The van der Waals surface area contributed by atoms with E-state index in [0.717, 1.165) is 48.2 Å². The molecular formula is C21H24N2O3S. The monoisotopic (exact) mass is 384 g/mol. The van der Waals surface area contributed by atoms with Crippen LogP contribution in [0.4, 0.5) is 5.69 Å². The van der Waals surface area contributed by atoms with Gasteiger partial charge in [0.2, 0.25) is 5.91 Å². The van der Waals surface area contributed by atoms with Crippen LogP contribution < -0.4 is 10.4 Å². The van der Waals surface area contributed by atoms with E-state index in [9.17, 15) is 9.59 Å². The maximum atomic E-state index is 13.3. The highest BCUT2D eigenvalue weighted by molar-refractivity contribution is 7.59. The van der Waals surface area contributed by atoms with E-state index in [2.05, 4.69) is 6.07 Å². The van der Waals surface area contributed by atoms with Gasteiger partial charge >= 0.3 is 0 Å². The summed E-state index contributed by atoms with van der Waals surface area (Å²) >= 11 is 0. The first-order valence-corrected chi connectivity index (χ1v) is 8.97. The lowest BCUT2D eigenvalue weighted by atomic mass is 9.70. The molecule has 2 aromatic carbocycles. The highest BCUT2D eigenvalue weighted by atomic mass is 32.1. The summed E-state index contributed by atoms with van der Waals surface area (Å²) in [5.41, 5.74) is 6.14. The Morgan fingerprint density at radius 2 is 1.96 bits per heavy atom. The third-order valence-corrected chi connectivity index (χ3v) is 5.80. The lowest BCUT2D eigenvalue weighted by Crippen LogP contribution is -2.38. The molecule has 1 atom stereocenters. The van der Waals surface area contributed by atoms with Gasteiger partial charge in [0.05, 0.1) is 5.41 Å². The molecule has 0 bridgehead atoms. The number of carbonyl (C=O) groups is 2. The van der Waals surface area contributed by atoms with Crippen molar-refractivity contribution in [2.24, 2.45) is 5.41 Å². The van der Waals surface area contributed by atoms with Gasteiger partial charge < -0.3 is 4.90 Å². The second-order valence-corrected chi connectivity index (χ2v) is 7.43. The van der Waals surface area contributed by atoms with Gasteiger partial charge in [0.15, 0.2) is 0 Å². The van der Waals surface area contributed by atoms with Gasteiger partial charge in [-0.25, -0.2) is 5.48 Å². The Morgan fingerprint density at radius 3 is 2.70 bits per heavy atom. The molecule has 1 saturated heterocycles. The van der Waals surface area contributed by atoms with Crippen LogP contribution in [0.5, 0.6) is 0 Å². The number of hydrogen-bond acceptors (Lipinski definition) is 3. The third kappa shape index (κ3) is 3.35. The molecule has 6 heteroatoms. The molecule has 4 rings (SSSR count). The van der Waals surface area contributed by atoms with Gasteiger partial charge in [-0.1, -0.05) is 18.2 Å². The fourth-order valence-corrected chi connectivity index (χ4v) is 4.32. The molecule has 27 heavy (non-hydrogen) atoms. The molecule has 142 valence electrons. The zero-order valence-corrected chi connectivity index (χ0v) is 16.3. The molecule has 2 aromatic rings. The van der Waals surface area contributed by atoms with E-state index >= 15 is 0 Å². The quantitative estimate of drug-likeness (QED) is 0.617. The van der Waals surface area contributed by atoms with Crippen molar-refractivity contribution in [2.75, 3.05) is 11.4 Å². The Kier molecular flexibility index (Phi) is 5.31. The van der Waals surface area contributed by atoms with E-state index in [1.165, 1.54) is 0 Å². The Labute approximate surface area is 165 Å². The van der Waals surface area contributed by atoms with Crippen molar-refractivity contribution in [3.8, 4) is 0 Å². The largest absolute Gasteiger partial charge is 0.312 e. The van der Waals surface area contributed by atoms with Gasteiger partial charge in [-0.3, -0.25) is 14.8 Å². The van der Waals surface area contributed by atoms with E-state index in [1.807, 2.05) is 42.2 Å². The van der Waals surface area contributed by atoms with Crippen molar-refractivity contribution in [2.45, 2.75) is 32.6 Å². The summed E-state index contributed by atoms with van der Waals surface area (Å²) in [4.78, 5) is 26.8. The molecule has 0 radical (unpaired) electrons. The minimum Gasteiger partial charge on any atom is -0.312 e.